The van der Waals surface area contributed by atoms with Crippen LogP contribution >= 0.6 is 11.8 Å². The van der Waals surface area contributed by atoms with Gasteiger partial charge in [0.1, 0.15) is 0 Å². The van der Waals surface area contributed by atoms with E-state index in [1.54, 1.807) is 6.92 Å². The van der Waals surface area contributed by atoms with Gasteiger partial charge in [-0.2, -0.15) is 0 Å². The zero-order valence-electron chi connectivity index (χ0n) is 4.79. The Labute approximate surface area is 56.4 Å². The Morgan fingerprint density at radius 3 is 2.22 bits per heavy atom. The number of hydrogen-bond acceptors (Lipinski definition) is 4. The van der Waals surface area contributed by atoms with Crippen LogP contribution in [0.3, 0.4) is 0 Å². The minimum absolute atomic E-state index is 0.204. The van der Waals surface area contributed by atoms with Crippen molar-refractivity contribution in [1.29, 1.82) is 0 Å². The van der Waals surface area contributed by atoms with Gasteiger partial charge in [0.2, 0.25) is 5.12 Å². The van der Waals surface area contributed by atoms with Crippen LogP contribution in [0.1, 0.15) is 6.92 Å². The second-order valence-electron chi connectivity index (χ2n) is 1.83. The fourth-order valence-corrected chi connectivity index (χ4v) is 1.29. The summed E-state index contributed by atoms with van der Waals surface area (Å²) in [6, 6.07) is 0. The van der Waals surface area contributed by atoms with Crippen molar-refractivity contribution in [3.8, 4) is 0 Å². The maximum absolute atomic E-state index is 10.6. The third-order valence-electron chi connectivity index (χ3n) is 1.18. The highest BCUT2D eigenvalue weighted by atomic mass is 32.2. The quantitative estimate of drug-likeness (QED) is 0.538. The first kappa shape index (κ1) is 6.48. The zero-order chi connectivity index (χ0) is 7.02. The van der Waals surface area contributed by atoms with Crippen LogP contribution in [0.15, 0.2) is 10.9 Å². The number of carbonyl (C=O) groups excluding carboxylic acids is 1. The number of hydrogen-bond donors (Lipinski definition) is 2. The van der Waals surface area contributed by atoms with E-state index in [1.807, 2.05) is 0 Å². The van der Waals surface area contributed by atoms with E-state index >= 15 is 0 Å². The van der Waals surface area contributed by atoms with E-state index in [-0.39, 0.29) is 16.0 Å². The minimum Gasteiger partial charge on any atom is -0.507 e. The largest absolute Gasteiger partial charge is 0.507 e. The van der Waals surface area contributed by atoms with Crippen LogP contribution in [0.4, 0.5) is 0 Å². The predicted octanol–water partition coefficient (Wildman–Crippen LogP) is 1.18. The molecule has 1 unspecified atom stereocenters. The lowest BCUT2D eigenvalue weighted by molar-refractivity contribution is -0.113. The van der Waals surface area contributed by atoms with Crippen molar-refractivity contribution in [3.63, 3.8) is 0 Å². The summed E-state index contributed by atoms with van der Waals surface area (Å²) in [5.41, 5.74) is 0. The Morgan fingerprint density at radius 1 is 1.56 bits per heavy atom. The minimum atomic E-state index is -0.532. The first-order chi connectivity index (χ1) is 4.13. The molecule has 4 heteroatoms. The summed E-state index contributed by atoms with van der Waals surface area (Å²) >= 11 is 0.683. The number of carbonyl (C=O) groups is 1. The summed E-state index contributed by atoms with van der Waals surface area (Å²) in [6.45, 7) is 1.55. The molecular weight excluding hydrogens is 140 g/mol. The Morgan fingerprint density at radius 2 is 2.11 bits per heavy atom. The van der Waals surface area contributed by atoms with E-state index in [9.17, 15) is 4.79 Å². The molecule has 2 N–H and O–H groups in total. The SMILES string of the molecule is CC1C(=O)SC(O)=C1O. The summed E-state index contributed by atoms with van der Waals surface area (Å²) in [6.07, 6.45) is 0. The molecule has 0 aromatic heterocycles. The van der Waals surface area contributed by atoms with Crippen molar-refractivity contribution >= 4 is 16.9 Å². The summed E-state index contributed by atoms with van der Waals surface area (Å²) in [5.74, 6) is -0.736. The molecule has 0 fully saturated rings. The van der Waals surface area contributed by atoms with E-state index in [0.29, 0.717) is 11.8 Å². The molecule has 1 atom stereocenters. The summed E-state index contributed by atoms with van der Waals surface area (Å²) in [5, 5.41) is 17.1. The molecule has 0 aromatic carbocycles. The van der Waals surface area contributed by atoms with Gasteiger partial charge in [-0.1, -0.05) is 0 Å². The molecule has 0 radical (unpaired) electrons. The maximum atomic E-state index is 10.6. The van der Waals surface area contributed by atoms with E-state index < -0.39 is 5.92 Å². The second kappa shape index (κ2) is 1.95. The van der Waals surface area contributed by atoms with Gasteiger partial charge in [0.25, 0.3) is 0 Å². The van der Waals surface area contributed by atoms with Crippen LogP contribution in [0, 0.1) is 5.92 Å². The molecule has 1 aliphatic heterocycles. The first-order valence-corrected chi connectivity index (χ1v) is 3.28. The van der Waals surface area contributed by atoms with E-state index in [0.717, 1.165) is 0 Å². The maximum Gasteiger partial charge on any atom is 0.207 e. The predicted molar refractivity (Wildman–Crippen MR) is 34.0 cm³/mol. The number of thioether (sulfide) groups is 1. The molecule has 0 aliphatic carbocycles. The van der Waals surface area contributed by atoms with E-state index in [1.165, 1.54) is 0 Å². The number of allylic oxidation sites excluding steroid dienone is 1. The third kappa shape index (κ3) is 0.896. The molecule has 9 heavy (non-hydrogen) atoms. The molecule has 0 aromatic rings. The second-order valence-corrected chi connectivity index (χ2v) is 2.83. The van der Waals surface area contributed by atoms with Crippen LogP contribution < -0.4 is 0 Å². The van der Waals surface area contributed by atoms with Crippen molar-refractivity contribution in [2.24, 2.45) is 5.92 Å². The van der Waals surface area contributed by atoms with E-state index in [2.05, 4.69) is 0 Å². The molecule has 3 nitrogen and oxygen atoms in total. The smallest absolute Gasteiger partial charge is 0.207 e. The Hall–Kier alpha value is -0.640. The zero-order valence-corrected chi connectivity index (χ0v) is 5.60. The molecule has 0 saturated heterocycles. The normalized spacial score (nSPS) is 27.7. The first-order valence-electron chi connectivity index (χ1n) is 2.46. The lowest BCUT2D eigenvalue weighted by Gasteiger charge is -1.94. The van der Waals surface area contributed by atoms with Crippen molar-refractivity contribution in [1.82, 2.24) is 0 Å². The Balaban J connectivity index is 2.87. The summed E-state index contributed by atoms with van der Waals surface area (Å²) in [7, 11) is 0. The van der Waals surface area contributed by atoms with Gasteiger partial charge in [0.15, 0.2) is 10.9 Å². The molecule has 0 amide bonds. The number of aliphatic hydroxyl groups is 2. The van der Waals surface area contributed by atoms with Crippen LogP contribution in [0.25, 0.3) is 0 Å². The van der Waals surface area contributed by atoms with Gasteiger partial charge in [0.05, 0.1) is 5.92 Å². The van der Waals surface area contributed by atoms with Gasteiger partial charge in [0, 0.05) is 0 Å². The van der Waals surface area contributed by atoms with Crippen molar-refractivity contribution in [2.75, 3.05) is 0 Å². The highest BCUT2D eigenvalue weighted by Crippen LogP contribution is 2.33. The lowest BCUT2D eigenvalue weighted by atomic mass is 10.2. The van der Waals surface area contributed by atoms with Crippen LogP contribution in [-0.2, 0) is 4.79 Å². The topological polar surface area (TPSA) is 57.5 Å². The number of aliphatic hydroxyl groups excluding tert-OH is 2. The van der Waals surface area contributed by atoms with E-state index in [4.69, 9.17) is 10.2 Å². The molecule has 0 bridgehead atoms. The fourth-order valence-electron chi connectivity index (χ4n) is 0.533. The van der Waals surface area contributed by atoms with Crippen molar-refractivity contribution < 1.29 is 15.0 Å². The monoisotopic (exact) mass is 146 g/mol. The third-order valence-corrected chi connectivity index (χ3v) is 2.14. The Bertz CT molecular complexity index is 185. The number of rotatable bonds is 0. The van der Waals surface area contributed by atoms with Crippen molar-refractivity contribution in [3.05, 3.63) is 10.9 Å². The summed E-state index contributed by atoms with van der Waals surface area (Å²) in [4.78, 5) is 10.6. The van der Waals surface area contributed by atoms with Gasteiger partial charge in [-0.05, 0) is 18.7 Å². The van der Waals surface area contributed by atoms with Gasteiger partial charge in [-0.25, -0.2) is 0 Å². The molecular formula is C5H6O3S. The molecule has 1 heterocycles. The molecule has 1 rings (SSSR count). The highest BCUT2D eigenvalue weighted by Gasteiger charge is 2.30. The van der Waals surface area contributed by atoms with Crippen LogP contribution in [0.5, 0.6) is 0 Å². The summed E-state index contributed by atoms with van der Waals surface area (Å²) < 4.78 is 0. The highest BCUT2D eigenvalue weighted by molar-refractivity contribution is 8.17. The average molecular weight is 146 g/mol. The van der Waals surface area contributed by atoms with Crippen LogP contribution in [0.2, 0.25) is 0 Å². The lowest BCUT2D eigenvalue weighted by Crippen LogP contribution is -2.02. The van der Waals surface area contributed by atoms with Gasteiger partial charge in [-0.15, -0.1) is 0 Å². The standard InChI is InChI=1S/C5H6O3S/c1-2-3(6)5(8)9-4(2)7/h2,6,8H,1H3. The Kier molecular flexibility index (Phi) is 1.40. The molecule has 1 aliphatic rings. The van der Waals surface area contributed by atoms with Gasteiger partial charge >= 0.3 is 0 Å². The van der Waals surface area contributed by atoms with Crippen LogP contribution in [-0.4, -0.2) is 15.3 Å². The molecule has 0 spiro atoms. The molecule has 50 valence electrons. The molecule has 0 saturated carbocycles. The van der Waals surface area contributed by atoms with Gasteiger partial charge in [-0.3, -0.25) is 4.79 Å². The van der Waals surface area contributed by atoms with Gasteiger partial charge < -0.3 is 10.2 Å². The van der Waals surface area contributed by atoms with Crippen molar-refractivity contribution in [2.45, 2.75) is 6.92 Å². The fraction of sp³-hybridized carbons (Fsp3) is 0.400. The average Bonchev–Trinajstić information content (AvgIpc) is 1.98.